The highest BCUT2D eigenvalue weighted by Crippen LogP contribution is 2.32. The summed E-state index contributed by atoms with van der Waals surface area (Å²) in [5.74, 6) is -0.571. The van der Waals surface area contributed by atoms with Gasteiger partial charge in [0.15, 0.2) is 0 Å². The van der Waals surface area contributed by atoms with Crippen LogP contribution in [-0.4, -0.2) is 24.7 Å². The van der Waals surface area contributed by atoms with E-state index in [-0.39, 0.29) is 17.9 Å². The van der Waals surface area contributed by atoms with Crippen LogP contribution in [0, 0.1) is 5.92 Å². The Morgan fingerprint density at radius 3 is 2.33 bits per heavy atom. The fourth-order valence-corrected chi connectivity index (χ4v) is 2.95. The molecular weight excluding hydrogens is 202 g/mol. The van der Waals surface area contributed by atoms with E-state index in [1.807, 2.05) is 6.92 Å². The third-order valence-corrected chi connectivity index (χ3v) is 3.59. The molecule has 0 saturated carbocycles. The molecule has 0 aromatic carbocycles. The number of hydrogen-bond donors (Lipinski definition) is 0. The summed E-state index contributed by atoms with van der Waals surface area (Å²) in [6.07, 6.45) is 0.656. The maximum atomic E-state index is 11.1. The fourth-order valence-electron chi connectivity index (χ4n) is 1.47. The molecule has 6 heteroatoms. The van der Waals surface area contributed by atoms with E-state index in [0.717, 1.165) is 4.31 Å². The number of rotatable bonds is 2. The molecule has 4 nitrogen and oxygen atoms in total. The van der Waals surface area contributed by atoms with Crippen LogP contribution in [0.3, 0.4) is 0 Å². The Morgan fingerprint density at radius 2 is 2.08 bits per heavy atom. The first-order valence-electron chi connectivity index (χ1n) is 3.67. The highest BCUT2D eigenvalue weighted by Gasteiger charge is 2.48. The van der Waals surface area contributed by atoms with E-state index >= 15 is 0 Å². The molecule has 1 aliphatic heterocycles. The summed E-state index contributed by atoms with van der Waals surface area (Å²) in [7, 11) is 1.17. The maximum absolute atomic E-state index is 11.1. The molecule has 1 heterocycles. The van der Waals surface area contributed by atoms with Crippen LogP contribution in [0.1, 0.15) is 20.3 Å². The number of hydrogen-bond acceptors (Lipinski definition) is 3. The zero-order valence-electron chi connectivity index (χ0n) is 6.82. The molecule has 2 unspecified atom stereocenters. The van der Waals surface area contributed by atoms with Crippen molar-refractivity contribution >= 4 is 25.8 Å². The number of carbonyl (C=O) groups excluding carboxylic acids is 1. The monoisotopic (exact) mass is 211 g/mol. The summed E-state index contributed by atoms with van der Waals surface area (Å²) < 4.78 is 22.3. The summed E-state index contributed by atoms with van der Waals surface area (Å²) in [6.45, 7) is 3.52. The molecule has 0 radical (unpaired) electrons. The quantitative estimate of drug-likeness (QED) is 0.500. The van der Waals surface area contributed by atoms with Gasteiger partial charge in [-0.2, -0.15) is 8.42 Å². The fraction of sp³-hybridized carbons (Fsp3) is 0.833. The van der Waals surface area contributed by atoms with E-state index in [4.69, 9.17) is 10.7 Å². The molecule has 12 heavy (non-hydrogen) atoms. The Bertz CT molecular complexity index is 300. The average molecular weight is 212 g/mol. The molecule has 0 spiro atoms. The van der Waals surface area contributed by atoms with Gasteiger partial charge in [0.05, 0.1) is 12.0 Å². The van der Waals surface area contributed by atoms with Crippen molar-refractivity contribution in [2.75, 3.05) is 0 Å². The van der Waals surface area contributed by atoms with Crippen LogP contribution in [0.25, 0.3) is 0 Å². The Hall–Kier alpha value is -0.290. The molecule has 1 aliphatic rings. The van der Waals surface area contributed by atoms with E-state index in [1.165, 1.54) is 0 Å². The van der Waals surface area contributed by atoms with E-state index < -0.39 is 9.24 Å². The normalized spacial score (nSPS) is 30.2. The van der Waals surface area contributed by atoms with E-state index in [0.29, 0.717) is 6.42 Å². The van der Waals surface area contributed by atoms with Gasteiger partial charge >= 0.3 is 9.24 Å². The van der Waals surface area contributed by atoms with E-state index in [9.17, 15) is 13.2 Å². The van der Waals surface area contributed by atoms with Gasteiger partial charge in [-0.3, -0.25) is 4.79 Å². The van der Waals surface area contributed by atoms with Crippen LogP contribution in [0.4, 0.5) is 0 Å². The first-order chi connectivity index (χ1) is 5.39. The lowest BCUT2D eigenvalue weighted by Gasteiger charge is -2.41. The molecule has 0 N–H and O–H groups in total. The van der Waals surface area contributed by atoms with Gasteiger partial charge < -0.3 is 0 Å². The first-order valence-corrected chi connectivity index (χ1v) is 5.94. The predicted molar refractivity (Wildman–Crippen MR) is 44.9 cm³/mol. The number of β-lactam (4-membered cyclic amide) rings is 1. The summed E-state index contributed by atoms with van der Waals surface area (Å²) in [6, 6.07) is -0.287. The Labute approximate surface area is 76.0 Å². The van der Waals surface area contributed by atoms with Crippen molar-refractivity contribution in [3.63, 3.8) is 0 Å². The Kier molecular flexibility index (Phi) is 2.35. The summed E-state index contributed by atoms with van der Waals surface area (Å²) in [5.41, 5.74) is 0. The third kappa shape index (κ3) is 1.31. The Balaban J connectivity index is 2.83. The number of nitrogens with zero attached hydrogens (tertiary/aromatic N) is 1. The molecule has 1 fully saturated rings. The molecule has 0 aromatic rings. The van der Waals surface area contributed by atoms with Gasteiger partial charge in [0.25, 0.3) is 0 Å². The van der Waals surface area contributed by atoms with Crippen molar-refractivity contribution < 1.29 is 13.2 Å². The average Bonchev–Trinajstić information content (AvgIpc) is 1.85. The molecule has 70 valence electrons. The van der Waals surface area contributed by atoms with Gasteiger partial charge in [0.2, 0.25) is 5.91 Å². The van der Waals surface area contributed by atoms with Crippen molar-refractivity contribution in [3.05, 3.63) is 0 Å². The first kappa shape index (κ1) is 9.80. The molecular formula is C6H10ClNO3S. The van der Waals surface area contributed by atoms with Crippen molar-refractivity contribution in [3.8, 4) is 0 Å². The van der Waals surface area contributed by atoms with Crippen LogP contribution < -0.4 is 0 Å². The third-order valence-electron chi connectivity index (χ3n) is 2.16. The maximum Gasteiger partial charge on any atom is 0.324 e. The van der Waals surface area contributed by atoms with Crippen molar-refractivity contribution in [2.24, 2.45) is 5.92 Å². The smallest absolute Gasteiger partial charge is 0.273 e. The Morgan fingerprint density at radius 1 is 1.58 bits per heavy atom. The summed E-state index contributed by atoms with van der Waals surface area (Å²) in [4.78, 5) is 11.1. The topological polar surface area (TPSA) is 54.5 Å². The van der Waals surface area contributed by atoms with Gasteiger partial charge in [-0.1, -0.05) is 6.92 Å². The predicted octanol–water partition coefficient (Wildman–Crippen LogP) is 0.727. The van der Waals surface area contributed by atoms with E-state index in [2.05, 4.69) is 0 Å². The minimum Gasteiger partial charge on any atom is -0.273 e. The van der Waals surface area contributed by atoms with Gasteiger partial charge in [0, 0.05) is 10.7 Å². The van der Waals surface area contributed by atoms with Gasteiger partial charge in [0.1, 0.15) is 0 Å². The second-order valence-electron chi connectivity index (χ2n) is 2.83. The van der Waals surface area contributed by atoms with Crippen molar-refractivity contribution in [1.29, 1.82) is 0 Å². The number of carbonyl (C=O) groups is 1. The van der Waals surface area contributed by atoms with E-state index in [1.54, 1.807) is 6.92 Å². The molecule has 0 bridgehead atoms. The standard InChI is InChI=1S/C6H10ClNO3S/c1-3-5-4(2)8(6(5)9)12(7,10)11/h4-5H,3H2,1-2H3. The molecule has 1 saturated heterocycles. The lowest BCUT2D eigenvalue weighted by Crippen LogP contribution is -2.60. The largest absolute Gasteiger partial charge is 0.324 e. The van der Waals surface area contributed by atoms with Crippen molar-refractivity contribution in [2.45, 2.75) is 26.3 Å². The SMILES string of the molecule is CCC1C(=O)N(S(=O)(=O)Cl)C1C. The van der Waals surface area contributed by atoms with Crippen LogP contribution >= 0.6 is 10.7 Å². The molecule has 1 amide bonds. The van der Waals surface area contributed by atoms with Gasteiger partial charge in [-0.25, -0.2) is 4.31 Å². The number of halogens is 1. The highest BCUT2D eigenvalue weighted by molar-refractivity contribution is 8.12. The van der Waals surface area contributed by atoms with Gasteiger partial charge in [-0.15, -0.1) is 0 Å². The van der Waals surface area contributed by atoms with Crippen LogP contribution in [0.5, 0.6) is 0 Å². The highest BCUT2D eigenvalue weighted by atomic mass is 35.7. The molecule has 2 atom stereocenters. The summed E-state index contributed by atoms with van der Waals surface area (Å²) >= 11 is 0. The summed E-state index contributed by atoms with van der Waals surface area (Å²) in [5, 5.41) is 0. The second-order valence-corrected chi connectivity index (χ2v) is 5.22. The molecule has 0 aromatic heterocycles. The van der Waals surface area contributed by atoms with Crippen LogP contribution in [0.15, 0.2) is 0 Å². The second kappa shape index (κ2) is 2.88. The minimum absolute atomic E-state index is 0.182. The number of amides is 1. The zero-order chi connectivity index (χ0) is 9.52. The van der Waals surface area contributed by atoms with Crippen LogP contribution in [-0.2, 0) is 14.0 Å². The lowest BCUT2D eigenvalue weighted by atomic mass is 9.90. The van der Waals surface area contributed by atoms with Crippen LogP contribution in [0.2, 0.25) is 0 Å². The molecule has 0 aliphatic carbocycles. The lowest BCUT2D eigenvalue weighted by molar-refractivity contribution is -0.145. The molecule has 1 rings (SSSR count). The van der Waals surface area contributed by atoms with Gasteiger partial charge in [-0.05, 0) is 13.3 Å². The van der Waals surface area contributed by atoms with Crippen molar-refractivity contribution in [1.82, 2.24) is 4.31 Å². The zero-order valence-corrected chi connectivity index (χ0v) is 8.39. The minimum atomic E-state index is -3.85.